The Kier molecular flexibility index (Phi) is 4.12. The third-order valence-corrected chi connectivity index (χ3v) is 10.8. The lowest BCUT2D eigenvalue weighted by Crippen LogP contribution is -2.63. The van der Waals surface area contributed by atoms with E-state index in [1.165, 1.54) is 25.7 Å². The summed E-state index contributed by atoms with van der Waals surface area (Å²) in [7, 11) is 2.03. The highest BCUT2D eigenvalue weighted by Gasteiger charge is 2.68. The maximum atomic E-state index is 12.8. The average Bonchev–Trinajstić information content (AvgIpc) is 2.95. The Morgan fingerprint density at radius 1 is 0.862 bits per heavy atom. The smallest absolute Gasteiger partial charge is 0.312 e. The predicted octanol–water partition coefficient (Wildman–Crippen LogP) is 4.95. The Bertz CT molecular complexity index is 746. The van der Waals surface area contributed by atoms with Gasteiger partial charge < -0.3 is 9.64 Å². The molecule has 0 radical (unpaired) electrons. The highest BCUT2D eigenvalue weighted by Crippen LogP contribution is 2.69. The largest absolute Gasteiger partial charge is 0.458 e. The first-order valence-electron chi connectivity index (χ1n) is 12.0. The minimum atomic E-state index is -0.332. The van der Waals surface area contributed by atoms with E-state index in [2.05, 4.69) is 18.7 Å². The monoisotopic (exact) mass is 401 g/mol. The number of rotatable bonds is 0. The molecule has 162 valence electrons. The Hall–Kier alpha value is -1.06. The topological polar surface area (TPSA) is 46.6 Å². The highest BCUT2D eigenvalue weighted by atomic mass is 16.6. The first-order chi connectivity index (χ1) is 13.5. The number of carbonyl (C=O) groups excluding carboxylic acids is 2. The molecule has 0 aromatic carbocycles. The zero-order valence-electron chi connectivity index (χ0n) is 19.1. The fraction of sp³-hybridized carbons (Fsp3) is 0.920. The Morgan fingerprint density at radius 2 is 1.59 bits per heavy atom. The van der Waals surface area contributed by atoms with Gasteiger partial charge in [-0.3, -0.25) is 9.59 Å². The molecule has 2 heterocycles. The average molecular weight is 402 g/mol. The van der Waals surface area contributed by atoms with Crippen molar-refractivity contribution in [3.63, 3.8) is 0 Å². The molecule has 0 aromatic heterocycles. The second kappa shape index (κ2) is 6.01. The molecule has 0 aromatic rings. The molecule has 4 nitrogen and oxygen atoms in total. The molecule has 1 amide bonds. The van der Waals surface area contributed by atoms with E-state index in [1.54, 1.807) is 0 Å². The van der Waals surface area contributed by atoms with Gasteiger partial charge in [0.1, 0.15) is 5.60 Å². The van der Waals surface area contributed by atoms with Gasteiger partial charge in [0.25, 0.3) is 0 Å². The van der Waals surface area contributed by atoms with Crippen LogP contribution in [-0.2, 0) is 14.3 Å². The van der Waals surface area contributed by atoms with Gasteiger partial charge in [-0.25, -0.2) is 0 Å². The lowest BCUT2D eigenvalue weighted by Gasteiger charge is -2.63. The fourth-order valence-electron chi connectivity index (χ4n) is 8.80. The van der Waals surface area contributed by atoms with Crippen LogP contribution in [0.4, 0.5) is 0 Å². The van der Waals surface area contributed by atoms with Gasteiger partial charge >= 0.3 is 5.97 Å². The molecule has 0 N–H and O–H groups in total. The van der Waals surface area contributed by atoms with E-state index < -0.39 is 0 Å². The van der Waals surface area contributed by atoms with Crippen LogP contribution in [0.15, 0.2) is 0 Å². The summed E-state index contributed by atoms with van der Waals surface area (Å²) in [6.07, 6.45) is 10.8. The van der Waals surface area contributed by atoms with Crippen LogP contribution in [0, 0.1) is 34.0 Å². The van der Waals surface area contributed by atoms with Crippen LogP contribution in [0.25, 0.3) is 0 Å². The van der Waals surface area contributed by atoms with Gasteiger partial charge in [-0.05, 0) is 94.8 Å². The summed E-state index contributed by atoms with van der Waals surface area (Å²) >= 11 is 0. The maximum Gasteiger partial charge on any atom is 0.312 e. The summed E-state index contributed by atoms with van der Waals surface area (Å²) in [5.41, 5.74) is -0.179. The molecular weight excluding hydrogens is 362 g/mol. The van der Waals surface area contributed by atoms with Crippen molar-refractivity contribution < 1.29 is 14.3 Å². The van der Waals surface area contributed by atoms with Crippen LogP contribution in [0.3, 0.4) is 0 Å². The minimum absolute atomic E-state index is 0.0239. The molecule has 4 heteroatoms. The van der Waals surface area contributed by atoms with Gasteiger partial charge in [-0.1, -0.05) is 13.8 Å². The van der Waals surface area contributed by atoms with Gasteiger partial charge in [0.05, 0.1) is 5.41 Å². The number of esters is 1. The highest BCUT2D eigenvalue weighted by molar-refractivity contribution is 5.78. The van der Waals surface area contributed by atoms with Crippen LogP contribution in [-0.4, -0.2) is 35.5 Å². The van der Waals surface area contributed by atoms with E-state index in [0.29, 0.717) is 30.2 Å². The van der Waals surface area contributed by atoms with Crippen LogP contribution in [0.1, 0.15) is 91.9 Å². The fourth-order valence-corrected chi connectivity index (χ4v) is 8.80. The summed E-state index contributed by atoms with van der Waals surface area (Å²) in [5, 5.41) is 0. The molecular formula is C25H39NO3. The van der Waals surface area contributed by atoms with Crippen molar-refractivity contribution >= 4 is 11.9 Å². The Labute approximate surface area is 176 Å². The van der Waals surface area contributed by atoms with Crippen molar-refractivity contribution in [1.82, 2.24) is 4.90 Å². The Morgan fingerprint density at radius 3 is 2.31 bits per heavy atom. The SMILES string of the molecule is CN1C(=O)CC[C@]2(C)[C@H]3CC[C@@]4(C)[C@@H](CC[C@@]45CCC(C)(C)C(=O)O5)[C@@H]3CC[C@@H]12. The third-order valence-electron chi connectivity index (χ3n) is 10.8. The van der Waals surface area contributed by atoms with Gasteiger partial charge in [-0.15, -0.1) is 0 Å². The second-order valence-electron chi connectivity index (χ2n) is 12.2. The van der Waals surface area contributed by atoms with E-state index >= 15 is 0 Å². The molecule has 2 aliphatic heterocycles. The van der Waals surface area contributed by atoms with Crippen molar-refractivity contribution in [1.29, 1.82) is 0 Å². The number of hydrogen-bond donors (Lipinski definition) is 0. The van der Waals surface area contributed by atoms with E-state index in [-0.39, 0.29) is 27.8 Å². The van der Waals surface area contributed by atoms with Crippen LogP contribution < -0.4 is 0 Å². The Balaban J connectivity index is 1.44. The summed E-state index contributed by atoms with van der Waals surface area (Å²) in [5.74, 6) is 2.46. The molecule has 5 rings (SSSR count). The number of ether oxygens (including phenoxy) is 1. The van der Waals surface area contributed by atoms with Crippen molar-refractivity contribution in [2.45, 2.75) is 104 Å². The summed E-state index contributed by atoms with van der Waals surface area (Å²) in [6.45, 7) is 9.01. The number of fused-ring (bicyclic) bond motifs is 6. The molecule has 0 bridgehead atoms. The molecule has 29 heavy (non-hydrogen) atoms. The van der Waals surface area contributed by atoms with Crippen LogP contribution in [0.2, 0.25) is 0 Å². The van der Waals surface area contributed by atoms with E-state index in [1.807, 2.05) is 20.9 Å². The number of piperidine rings is 1. The molecule has 5 aliphatic rings. The van der Waals surface area contributed by atoms with Gasteiger partial charge in [0.2, 0.25) is 5.91 Å². The van der Waals surface area contributed by atoms with E-state index in [4.69, 9.17) is 4.74 Å². The van der Waals surface area contributed by atoms with Crippen molar-refractivity contribution in [3.05, 3.63) is 0 Å². The number of likely N-dealkylation sites (tertiary alicyclic amines) is 1. The van der Waals surface area contributed by atoms with Gasteiger partial charge in [-0.2, -0.15) is 0 Å². The normalized spacial score (nSPS) is 51.3. The third kappa shape index (κ3) is 2.44. The summed E-state index contributed by atoms with van der Waals surface area (Å²) in [6, 6.07) is 0.415. The number of carbonyl (C=O) groups is 2. The molecule has 3 saturated carbocycles. The quantitative estimate of drug-likeness (QED) is 0.540. The number of nitrogens with zero attached hydrogens (tertiary/aromatic N) is 1. The minimum Gasteiger partial charge on any atom is -0.458 e. The molecule has 2 saturated heterocycles. The first kappa shape index (κ1) is 19.9. The predicted molar refractivity (Wildman–Crippen MR) is 112 cm³/mol. The van der Waals surface area contributed by atoms with Crippen molar-refractivity contribution in [2.75, 3.05) is 7.05 Å². The summed E-state index contributed by atoms with van der Waals surface area (Å²) in [4.78, 5) is 27.2. The molecule has 7 atom stereocenters. The second-order valence-corrected chi connectivity index (χ2v) is 12.2. The number of amides is 1. The van der Waals surface area contributed by atoms with Crippen molar-refractivity contribution in [3.8, 4) is 0 Å². The van der Waals surface area contributed by atoms with E-state index in [0.717, 1.165) is 38.0 Å². The number of hydrogen-bond acceptors (Lipinski definition) is 3. The molecule has 5 fully saturated rings. The first-order valence-corrected chi connectivity index (χ1v) is 12.0. The van der Waals surface area contributed by atoms with Gasteiger partial charge in [0.15, 0.2) is 0 Å². The van der Waals surface area contributed by atoms with Crippen LogP contribution >= 0.6 is 0 Å². The van der Waals surface area contributed by atoms with E-state index in [9.17, 15) is 9.59 Å². The molecule has 3 aliphatic carbocycles. The summed E-state index contributed by atoms with van der Waals surface area (Å²) < 4.78 is 6.37. The molecule has 0 unspecified atom stereocenters. The zero-order valence-corrected chi connectivity index (χ0v) is 19.1. The lowest BCUT2D eigenvalue weighted by atomic mass is 9.46. The standard InChI is InChI=1S/C25H39NO3/c1-22(2)14-15-25(29-21(22)28)13-9-18-16-6-7-19-23(3,11-10-20(27)26(19)5)17(16)8-12-24(18,25)4/h16-19H,6-15H2,1-5H3/t16-,17+,18+,19-,23-,24+,25-/m1/s1. The zero-order chi connectivity index (χ0) is 20.8. The van der Waals surface area contributed by atoms with Crippen molar-refractivity contribution in [2.24, 2.45) is 34.0 Å². The maximum absolute atomic E-state index is 12.8. The lowest BCUT2D eigenvalue weighted by molar-refractivity contribution is -0.213. The molecule has 1 spiro atoms. The van der Waals surface area contributed by atoms with Crippen LogP contribution in [0.5, 0.6) is 0 Å². The van der Waals surface area contributed by atoms with Gasteiger partial charge in [0, 0.05) is 24.9 Å².